The molecular formula is C25H22N2O6. The van der Waals surface area contributed by atoms with Crippen molar-refractivity contribution in [2.75, 3.05) is 18.5 Å². The van der Waals surface area contributed by atoms with Gasteiger partial charge in [-0.3, -0.25) is 14.9 Å². The molecule has 0 aliphatic heterocycles. The van der Waals surface area contributed by atoms with E-state index in [1.165, 1.54) is 12.1 Å². The van der Waals surface area contributed by atoms with Crippen LogP contribution < -0.4 is 10.8 Å². The van der Waals surface area contributed by atoms with Crippen LogP contribution in [-0.2, 0) is 14.4 Å². The molecule has 1 aliphatic carbocycles. The minimum Gasteiger partial charge on any atom is -0.479 e. The molecule has 0 atom stereocenters. The topological polar surface area (TPSA) is 114 Å². The molecule has 0 aromatic heterocycles. The summed E-state index contributed by atoms with van der Waals surface area (Å²) in [5.74, 6) is -1.91. The number of carbonyl (C=O) groups excluding carboxylic acids is 2. The molecule has 1 aliphatic rings. The van der Waals surface area contributed by atoms with Crippen molar-refractivity contribution in [2.45, 2.75) is 12.8 Å². The van der Waals surface area contributed by atoms with Crippen LogP contribution in [0.2, 0.25) is 0 Å². The fraction of sp³-hybridized carbons (Fsp3) is 0.160. The molecule has 0 unspecified atom stereocenters. The number of ether oxygens (including phenoxy) is 1. The summed E-state index contributed by atoms with van der Waals surface area (Å²) in [5, 5.41) is 11.3. The molecule has 0 fully saturated rings. The maximum atomic E-state index is 12.5. The van der Waals surface area contributed by atoms with Crippen LogP contribution in [0.5, 0.6) is 0 Å². The monoisotopic (exact) mass is 446 g/mol. The van der Waals surface area contributed by atoms with Gasteiger partial charge in [0.2, 0.25) is 0 Å². The highest BCUT2D eigenvalue weighted by molar-refractivity contribution is 5.96. The zero-order valence-electron chi connectivity index (χ0n) is 17.8. The largest absolute Gasteiger partial charge is 0.479 e. The number of carboxylic acid groups (broad SMARTS) is 1. The van der Waals surface area contributed by atoms with E-state index in [0.717, 1.165) is 27.8 Å². The van der Waals surface area contributed by atoms with Crippen LogP contribution in [0.25, 0.3) is 11.1 Å². The molecule has 0 heterocycles. The molecule has 0 spiro atoms. The lowest BCUT2D eigenvalue weighted by atomic mass is 9.98. The second kappa shape index (κ2) is 9.54. The van der Waals surface area contributed by atoms with E-state index in [1.807, 2.05) is 41.9 Å². The molecule has 8 heteroatoms. The minimum atomic E-state index is -1.21. The SMILES string of the molecule is Cc1ccc(C(=O)NOCC(=O)O)cc1NC(=O)OCC1c2ccccc2-c2ccccc21. The average molecular weight is 446 g/mol. The Morgan fingerprint density at radius 2 is 1.58 bits per heavy atom. The third-order valence-corrected chi connectivity index (χ3v) is 5.44. The van der Waals surface area contributed by atoms with Gasteiger partial charge in [0.05, 0.1) is 0 Å². The van der Waals surface area contributed by atoms with Gasteiger partial charge in [-0.15, -0.1) is 0 Å². The van der Waals surface area contributed by atoms with Gasteiger partial charge in [-0.2, -0.15) is 0 Å². The molecule has 8 nitrogen and oxygen atoms in total. The number of nitrogens with one attached hydrogen (secondary N) is 2. The van der Waals surface area contributed by atoms with Crippen molar-refractivity contribution in [3.05, 3.63) is 89.0 Å². The van der Waals surface area contributed by atoms with Gasteiger partial charge in [0.25, 0.3) is 5.91 Å². The van der Waals surface area contributed by atoms with E-state index in [9.17, 15) is 14.4 Å². The smallest absolute Gasteiger partial charge is 0.411 e. The first-order valence-corrected chi connectivity index (χ1v) is 10.3. The first-order valence-electron chi connectivity index (χ1n) is 10.3. The van der Waals surface area contributed by atoms with E-state index >= 15 is 0 Å². The lowest BCUT2D eigenvalue weighted by molar-refractivity contribution is -0.144. The third kappa shape index (κ3) is 4.86. The Labute approximate surface area is 190 Å². The maximum Gasteiger partial charge on any atom is 0.411 e. The van der Waals surface area contributed by atoms with E-state index < -0.39 is 24.6 Å². The number of amides is 2. The second-order valence-electron chi connectivity index (χ2n) is 7.59. The number of carbonyl (C=O) groups is 3. The van der Waals surface area contributed by atoms with Crippen LogP contribution >= 0.6 is 0 Å². The Hall–Kier alpha value is -4.17. The molecular weight excluding hydrogens is 424 g/mol. The van der Waals surface area contributed by atoms with Gasteiger partial charge in [-0.1, -0.05) is 54.6 Å². The van der Waals surface area contributed by atoms with Crippen LogP contribution in [0.1, 0.15) is 33.0 Å². The zero-order valence-corrected chi connectivity index (χ0v) is 17.8. The van der Waals surface area contributed by atoms with E-state index in [0.29, 0.717) is 5.69 Å². The van der Waals surface area contributed by atoms with Gasteiger partial charge in [-0.05, 0) is 46.9 Å². The van der Waals surface area contributed by atoms with Crippen molar-refractivity contribution in [1.82, 2.24) is 5.48 Å². The first-order chi connectivity index (χ1) is 15.9. The highest BCUT2D eigenvalue weighted by Crippen LogP contribution is 2.44. The quantitative estimate of drug-likeness (QED) is 0.471. The van der Waals surface area contributed by atoms with Crippen molar-refractivity contribution in [3.63, 3.8) is 0 Å². The molecule has 0 saturated heterocycles. The number of carboxylic acids is 1. The number of hydrogen-bond acceptors (Lipinski definition) is 5. The Morgan fingerprint density at radius 1 is 0.939 bits per heavy atom. The summed E-state index contributed by atoms with van der Waals surface area (Å²) in [6.45, 7) is 1.28. The van der Waals surface area contributed by atoms with Crippen molar-refractivity contribution in [2.24, 2.45) is 0 Å². The molecule has 2 amide bonds. The lowest BCUT2D eigenvalue weighted by Gasteiger charge is -2.15. The standard InChI is InChI=1S/C25H22N2O6/c1-15-10-11-16(24(30)27-33-14-23(28)29)12-22(15)26-25(31)32-13-21-19-8-4-2-6-17(19)18-7-3-5-9-20(18)21/h2-12,21H,13-14H2,1H3,(H,26,31)(H,27,30)(H,28,29). The summed E-state index contributed by atoms with van der Waals surface area (Å²) in [6.07, 6.45) is -0.639. The van der Waals surface area contributed by atoms with Crippen LogP contribution in [-0.4, -0.2) is 36.3 Å². The van der Waals surface area contributed by atoms with E-state index in [-0.39, 0.29) is 18.1 Å². The summed E-state index contributed by atoms with van der Waals surface area (Å²) in [7, 11) is 0. The second-order valence-corrected chi connectivity index (χ2v) is 7.59. The Balaban J connectivity index is 1.41. The molecule has 0 bridgehead atoms. The van der Waals surface area contributed by atoms with Crippen LogP contribution in [0.3, 0.4) is 0 Å². The Kier molecular flexibility index (Phi) is 6.37. The normalized spacial score (nSPS) is 11.9. The Morgan fingerprint density at radius 3 is 2.21 bits per heavy atom. The molecule has 3 N–H and O–H groups in total. The zero-order chi connectivity index (χ0) is 23.4. The molecule has 3 aromatic rings. The molecule has 33 heavy (non-hydrogen) atoms. The van der Waals surface area contributed by atoms with Crippen LogP contribution in [0, 0.1) is 6.92 Å². The molecule has 3 aromatic carbocycles. The van der Waals surface area contributed by atoms with Crippen LogP contribution in [0.15, 0.2) is 66.7 Å². The fourth-order valence-electron chi connectivity index (χ4n) is 3.86. The highest BCUT2D eigenvalue weighted by Gasteiger charge is 2.29. The number of benzene rings is 3. The summed E-state index contributed by atoms with van der Waals surface area (Å²) in [4.78, 5) is 39.8. The molecule has 4 rings (SSSR count). The number of rotatable bonds is 7. The number of aliphatic carboxylic acids is 1. The number of hydrogen-bond donors (Lipinski definition) is 3. The summed E-state index contributed by atoms with van der Waals surface area (Å²) < 4.78 is 5.55. The average Bonchev–Trinajstić information content (AvgIpc) is 3.12. The number of hydroxylamine groups is 1. The summed E-state index contributed by atoms with van der Waals surface area (Å²) in [5.41, 5.74) is 7.88. The third-order valence-electron chi connectivity index (χ3n) is 5.44. The predicted octanol–water partition coefficient (Wildman–Crippen LogP) is 4.10. The number of anilines is 1. The van der Waals surface area contributed by atoms with Crippen molar-refractivity contribution >= 4 is 23.7 Å². The van der Waals surface area contributed by atoms with E-state index in [1.54, 1.807) is 13.0 Å². The van der Waals surface area contributed by atoms with Crippen molar-refractivity contribution < 1.29 is 29.1 Å². The van der Waals surface area contributed by atoms with Gasteiger partial charge < -0.3 is 9.84 Å². The summed E-state index contributed by atoms with van der Waals surface area (Å²) >= 11 is 0. The minimum absolute atomic E-state index is 0.0623. The van der Waals surface area contributed by atoms with E-state index in [4.69, 9.17) is 9.84 Å². The number of fused-ring (bicyclic) bond motifs is 3. The fourth-order valence-corrected chi connectivity index (χ4v) is 3.86. The lowest BCUT2D eigenvalue weighted by Crippen LogP contribution is -2.26. The van der Waals surface area contributed by atoms with Crippen molar-refractivity contribution in [1.29, 1.82) is 0 Å². The first kappa shape index (κ1) is 22.0. The van der Waals surface area contributed by atoms with Crippen molar-refractivity contribution in [3.8, 4) is 11.1 Å². The molecule has 0 radical (unpaired) electrons. The maximum absolute atomic E-state index is 12.5. The summed E-state index contributed by atoms with van der Waals surface area (Å²) in [6, 6.07) is 20.8. The van der Waals surface area contributed by atoms with Gasteiger partial charge in [-0.25, -0.2) is 15.1 Å². The predicted molar refractivity (Wildman–Crippen MR) is 121 cm³/mol. The molecule has 168 valence electrons. The van der Waals surface area contributed by atoms with Gasteiger partial charge in [0.15, 0.2) is 6.61 Å². The Bertz CT molecular complexity index is 1180. The van der Waals surface area contributed by atoms with Crippen LogP contribution in [0.4, 0.5) is 10.5 Å². The highest BCUT2D eigenvalue weighted by atomic mass is 16.7. The van der Waals surface area contributed by atoms with E-state index in [2.05, 4.69) is 22.3 Å². The van der Waals surface area contributed by atoms with Gasteiger partial charge >= 0.3 is 12.1 Å². The van der Waals surface area contributed by atoms with Gasteiger partial charge in [0.1, 0.15) is 6.61 Å². The number of aryl methyl sites for hydroxylation is 1. The van der Waals surface area contributed by atoms with Gasteiger partial charge in [0, 0.05) is 17.2 Å². The molecule has 0 saturated carbocycles.